The van der Waals surface area contributed by atoms with Crippen LogP contribution >= 0.6 is 0 Å². The molecular weight excluding hydrogens is 1540 g/mol. The summed E-state index contributed by atoms with van der Waals surface area (Å²) >= 11 is 0. The summed E-state index contributed by atoms with van der Waals surface area (Å²) < 4.78 is 441. The number of benzene rings is 11. The van der Waals surface area contributed by atoms with E-state index in [1.165, 1.54) is 0 Å². The Morgan fingerprint density at radius 3 is 0.636 bits per heavy atom. The van der Waals surface area contributed by atoms with Crippen molar-refractivity contribution in [2.45, 2.75) is 61.8 Å². The van der Waals surface area contributed by atoms with Gasteiger partial charge in [-0.3, -0.25) is 0 Å². The van der Waals surface area contributed by atoms with E-state index in [1.54, 1.807) is 0 Å². The first kappa shape index (κ1) is 76.6. The summed E-state index contributed by atoms with van der Waals surface area (Å²) in [5.74, 6) is 0. The number of nitriles is 1. The van der Waals surface area contributed by atoms with Gasteiger partial charge < -0.3 is 9.13 Å². The molecule has 0 saturated heterocycles. The third kappa shape index (κ3) is 14.5. The molecule has 0 fully saturated rings. The fourth-order valence-electron chi connectivity index (χ4n) is 13.2. The molecule has 3 nitrogen and oxygen atoms in total. The maximum Gasteiger partial charge on any atom is 0.416 e. The van der Waals surface area contributed by atoms with Crippen LogP contribution in [0.25, 0.3) is 122 Å². The molecule has 13 rings (SSSR count). The average Bonchev–Trinajstić information content (AvgIpc) is 1.54. The lowest BCUT2D eigenvalue weighted by atomic mass is 9.87. The molecule has 0 radical (unpaired) electrons. The van der Waals surface area contributed by atoms with Crippen LogP contribution in [0.3, 0.4) is 0 Å². The Hall–Kier alpha value is -11.6. The summed E-state index contributed by atoms with van der Waals surface area (Å²) in [7, 11) is 0. The molecule has 0 aliphatic rings. The van der Waals surface area contributed by atoms with Crippen molar-refractivity contribution in [2.75, 3.05) is 0 Å². The van der Waals surface area contributed by atoms with Crippen molar-refractivity contribution in [3.8, 4) is 84.2 Å². The number of halogens is 30. The SMILES string of the molecule is N#Cc1cccc(-n2c3ccc(-c4cc(C(F)(F)F)cc(C(F)(F)F)c4)cc3c3cc(-c4cc(C(F)(F)F)cc(C(F)(F)F)c4)ccc32)c1-c1c(-c2cc(C(F)(F)F)cc(C(F)(F)F)c2)cccc1-n1c2ccc(-c3cc(C(F)(F)F)cc(C(F)(F)F)c3)cc2c2cc(-c3cc(C(F)(F)F)cc(C(F)(F)F)c3)ccc21. The molecule has 566 valence electrons. The van der Waals surface area contributed by atoms with Gasteiger partial charge >= 0.3 is 61.8 Å². The lowest BCUT2D eigenvalue weighted by Gasteiger charge is -2.23. The van der Waals surface area contributed by atoms with Gasteiger partial charge in [-0.05, 0) is 213 Å². The molecule has 0 N–H and O–H groups in total. The van der Waals surface area contributed by atoms with Crippen molar-refractivity contribution in [2.24, 2.45) is 0 Å². The van der Waals surface area contributed by atoms with Crippen molar-refractivity contribution in [1.29, 1.82) is 5.26 Å². The predicted octanol–water partition coefficient (Wildman–Crippen LogP) is 27.9. The molecule has 0 aliphatic carbocycles. The summed E-state index contributed by atoms with van der Waals surface area (Å²) in [6, 6.07) is 20.8. The molecule has 0 unspecified atom stereocenters. The van der Waals surface area contributed by atoms with Gasteiger partial charge in [-0.1, -0.05) is 42.5 Å². The summed E-state index contributed by atoms with van der Waals surface area (Å²) in [4.78, 5) is 0. The molecule has 2 heterocycles. The Bertz CT molecular complexity index is 5520. The minimum atomic E-state index is -5.65. The molecule has 0 amide bonds. The maximum absolute atomic E-state index is 15.1. The third-order valence-corrected chi connectivity index (χ3v) is 18.1. The lowest BCUT2D eigenvalue weighted by molar-refractivity contribution is -0.144. The highest BCUT2D eigenvalue weighted by molar-refractivity contribution is 6.15. The van der Waals surface area contributed by atoms with Gasteiger partial charge in [0.15, 0.2) is 0 Å². The number of alkyl halides is 30. The van der Waals surface area contributed by atoms with E-state index >= 15 is 26.3 Å². The van der Waals surface area contributed by atoms with Crippen LogP contribution in [0.15, 0.2) is 200 Å². The largest absolute Gasteiger partial charge is 0.416 e. The molecule has 13 aromatic rings. The van der Waals surface area contributed by atoms with Gasteiger partial charge in [0.25, 0.3) is 0 Å². The monoisotopic (exact) mass is 1570 g/mol. The van der Waals surface area contributed by atoms with Crippen LogP contribution in [-0.4, -0.2) is 9.13 Å². The molecule has 0 atom stereocenters. The van der Waals surface area contributed by atoms with E-state index in [1.807, 2.05) is 6.07 Å². The van der Waals surface area contributed by atoms with Crippen molar-refractivity contribution in [3.63, 3.8) is 0 Å². The van der Waals surface area contributed by atoms with Crippen LogP contribution in [0.2, 0.25) is 0 Å². The fourth-order valence-corrected chi connectivity index (χ4v) is 13.2. The van der Waals surface area contributed by atoms with Crippen LogP contribution in [-0.2, 0) is 61.8 Å². The van der Waals surface area contributed by atoms with Gasteiger partial charge in [-0.15, -0.1) is 0 Å². The lowest BCUT2D eigenvalue weighted by Crippen LogP contribution is -2.11. The Morgan fingerprint density at radius 1 is 0.209 bits per heavy atom. The third-order valence-electron chi connectivity index (χ3n) is 18.1. The van der Waals surface area contributed by atoms with Gasteiger partial charge in [0, 0.05) is 32.7 Å². The molecule has 0 bridgehead atoms. The first-order valence-electron chi connectivity index (χ1n) is 31.1. The van der Waals surface area contributed by atoms with Gasteiger partial charge in [-0.2, -0.15) is 137 Å². The standard InChI is InChI=1S/C77H33F30N3/c78-68(79,80)45-15-40(16-46(29-45)69(81,82)83)35-7-11-60-56(25-35)57-26-36(41-17-47(70(84,85)86)30-48(18-41)71(87,88)89)8-12-61(57)109(60)64-5-1-3-39(34-108)66(64)67-55(44-23-53(76(102,103)104)33-54(24-44)77(105,106)107)4-2-6-65(67)110-62-13-9-37(42-19-49(72(90,91)92)31-50(20-42)73(93,94)95)27-58(62)59-28-38(10-14-63(59)110)43-21-51(74(96,97)98)32-52(22-43)75(99,100)101/h1-33H. The molecule has 0 saturated carbocycles. The second kappa shape index (κ2) is 25.8. The second-order valence-corrected chi connectivity index (χ2v) is 25.1. The molecule has 33 heteroatoms. The van der Waals surface area contributed by atoms with Crippen LogP contribution < -0.4 is 0 Å². The summed E-state index contributed by atoms with van der Waals surface area (Å²) in [6.45, 7) is 0. The highest BCUT2D eigenvalue weighted by Gasteiger charge is 2.44. The van der Waals surface area contributed by atoms with Crippen molar-refractivity contribution >= 4 is 43.6 Å². The number of hydrogen-bond acceptors (Lipinski definition) is 1. The first-order chi connectivity index (χ1) is 50.7. The number of fused-ring (bicyclic) bond motifs is 6. The zero-order valence-corrected chi connectivity index (χ0v) is 53.7. The predicted molar refractivity (Wildman–Crippen MR) is 342 cm³/mol. The van der Waals surface area contributed by atoms with E-state index in [9.17, 15) is 111 Å². The first-order valence-corrected chi connectivity index (χ1v) is 31.1. The molecule has 0 aliphatic heterocycles. The minimum Gasteiger partial charge on any atom is -0.309 e. The van der Waals surface area contributed by atoms with Gasteiger partial charge in [0.05, 0.1) is 101 Å². The van der Waals surface area contributed by atoms with Crippen molar-refractivity contribution < 1.29 is 132 Å². The van der Waals surface area contributed by atoms with Gasteiger partial charge in [0.2, 0.25) is 0 Å². The highest BCUT2D eigenvalue weighted by atomic mass is 19.4. The Labute approximate surface area is 595 Å². The topological polar surface area (TPSA) is 33.6 Å². The van der Waals surface area contributed by atoms with Crippen molar-refractivity contribution in [1.82, 2.24) is 9.13 Å². The van der Waals surface area contributed by atoms with E-state index in [-0.39, 0.29) is 124 Å². The highest BCUT2D eigenvalue weighted by Crippen LogP contribution is 2.52. The molecule has 110 heavy (non-hydrogen) atoms. The zero-order valence-electron chi connectivity index (χ0n) is 53.7. The van der Waals surface area contributed by atoms with Gasteiger partial charge in [-0.25, -0.2) is 0 Å². The molecular formula is C77H33F30N3. The molecule has 11 aromatic carbocycles. The van der Waals surface area contributed by atoms with E-state index in [0.29, 0.717) is 0 Å². The fraction of sp³-hybridized carbons (Fsp3) is 0.130. The number of aromatic nitrogens is 2. The minimum absolute atomic E-state index is 0.213. The Kier molecular flexibility index (Phi) is 18.0. The van der Waals surface area contributed by atoms with Gasteiger partial charge in [0.1, 0.15) is 0 Å². The normalized spacial score (nSPS) is 13.4. The number of nitrogens with zero attached hydrogens (tertiary/aromatic N) is 3. The van der Waals surface area contributed by atoms with E-state index < -0.39 is 212 Å². The van der Waals surface area contributed by atoms with Crippen LogP contribution in [0.5, 0.6) is 0 Å². The molecule has 2 aromatic heterocycles. The van der Waals surface area contributed by atoms with E-state index in [0.717, 1.165) is 118 Å². The van der Waals surface area contributed by atoms with E-state index in [2.05, 4.69) is 0 Å². The second-order valence-electron chi connectivity index (χ2n) is 25.1. The smallest absolute Gasteiger partial charge is 0.309 e. The summed E-state index contributed by atoms with van der Waals surface area (Å²) in [5, 5.41) is 9.89. The Balaban J connectivity index is 1.19. The Morgan fingerprint density at radius 2 is 0.418 bits per heavy atom. The number of hydrogen-bond donors (Lipinski definition) is 0. The van der Waals surface area contributed by atoms with E-state index in [4.69, 9.17) is 0 Å². The maximum atomic E-state index is 15.1. The number of rotatable bonds is 8. The van der Waals surface area contributed by atoms with Crippen LogP contribution in [0.1, 0.15) is 61.2 Å². The zero-order chi connectivity index (χ0) is 80.2. The average molecular weight is 1570 g/mol. The van der Waals surface area contributed by atoms with Crippen LogP contribution in [0, 0.1) is 11.3 Å². The van der Waals surface area contributed by atoms with Crippen molar-refractivity contribution in [3.05, 3.63) is 261 Å². The summed E-state index contributed by atoms with van der Waals surface area (Å²) in [6.07, 6.45) is -55.2. The van der Waals surface area contributed by atoms with Crippen LogP contribution in [0.4, 0.5) is 132 Å². The molecule has 0 spiro atoms. The summed E-state index contributed by atoms with van der Waals surface area (Å²) in [5.41, 5.74) is -30.4. The quantitative estimate of drug-likeness (QED) is 0.140.